The number of methoxy groups -OCH3 is 2. The van der Waals surface area contributed by atoms with Crippen molar-refractivity contribution < 1.29 is 18.6 Å². The van der Waals surface area contributed by atoms with Gasteiger partial charge < -0.3 is 14.2 Å². The fourth-order valence-corrected chi connectivity index (χ4v) is 2.31. The smallest absolute Gasteiger partial charge is 0.145 e. The quantitative estimate of drug-likeness (QED) is 0.801. The van der Waals surface area contributed by atoms with Crippen molar-refractivity contribution in [1.82, 2.24) is 0 Å². The van der Waals surface area contributed by atoms with Crippen LogP contribution in [-0.2, 0) is 6.61 Å². The summed E-state index contributed by atoms with van der Waals surface area (Å²) in [5.74, 6) is 0.793. The molecule has 6 heteroatoms. The van der Waals surface area contributed by atoms with Gasteiger partial charge in [-0.3, -0.25) is 0 Å². The van der Waals surface area contributed by atoms with E-state index in [9.17, 15) is 4.39 Å². The Bertz CT molecular complexity index is 728. The lowest BCUT2D eigenvalue weighted by Crippen LogP contribution is -2.01. The van der Waals surface area contributed by atoms with Crippen LogP contribution in [0.3, 0.4) is 0 Å². The van der Waals surface area contributed by atoms with E-state index in [2.05, 4.69) is 15.9 Å². The molecular formula is C16H13BrFNO3. The van der Waals surface area contributed by atoms with Gasteiger partial charge in [-0.25, -0.2) is 4.39 Å². The summed E-state index contributed by atoms with van der Waals surface area (Å²) >= 11 is 3.18. The Balaban J connectivity index is 2.26. The second kappa shape index (κ2) is 7.14. The molecule has 0 radical (unpaired) electrons. The molecule has 2 aromatic rings. The Morgan fingerprint density at radius 1 is 1.14 bits per heavy atom. The number of benzene rings is 2. The minimum absolute atomic E-state index is 0.129. The van der Waals surface area contributed by atoms with E-state index in [1.807, 2.05) is 0 Å². The standard InChI is InChI=1S/C16H13BrFNO3/c1-20-12-4-3-10(15(7-12)21-2)9-22-16-6-11(17)5-14(18)13(16)8-19/h3-7H,9H2,1-2H3. The predicted molar refractivity (Wildman–Crippen MR) is 82.7 cm³/mol. The average molecular weight is 366 g/mol. The maximum atomic E-state index is 13.7. The van der Waals surface area contributed by atoms with Gasteiger partial charge in [0.15, 0.2) is 0 Å². The molecule has 0 unspecified atom stereocenters. The summed E-state index contributed by atoms with van der Waals surface area (Å²) in [6.07, 6.45) is 0. The molecule has 0 aliphatic heterocycles. The van der Waals surface area contributed by atoms with Gasteiger partial charge >= 0.3 is 0 Å². The van der Waals surface area contributed by atoms with Gasteiger partial charge in [0, 0.05) is 16.1 Å². The van der Waals surface area contributed by atoms with Crippen molar-refractivity contribution in [2.75, 3.05) is 14.2 Å². The van der Waals surface area contributed by atoms with Crippen molar-refractivity contribution in [1.29, 1.82) is 5.26 Å². The summed E-state index contributed by atoms with van der Waals surface area (Å²) in [6, 6.07) is 9.87. The fraction of sp³-hybridized carbons (Fsp3) is 0.188. The molecule has 4 nitrogen and oxygen atoms in total. The molecule has 0 atom stereocenters. The van der Waals surface area contributed by atoms with Gasteiger partial charge in [0.2, 0.25) is 0 Å². The van der Waals surface area contributed by atoms with Crippen LogP contribution in [0.15, 0.2) is 34.8 Å². The molecule has 0 amide bonds. The van der Waals surface area contributed by atoms with E-state index in [-0.39, 0.29) is 17.9 Å². The first kappa shape index (κ1) is 16.1. The van der Waals surface area contributed by atoms with E-state index < -0.39 is 5.82 Å². The first-order valence-electron chi connectivity index (χ1n) is 6.32. The molecule has 2 aromatic carbocycles. The lowest BCUT2D eigenvalue weighted by molar-refractivity contribution is 0.293. The molecule has 0 heterocycles. The number of rotatable bonds is 5. The zero-order valence-electron chi connectivity index (χ0n) is 12.0. The van der Waals surface area contributed by atoms with Crippen LogP contribution in [0, 0.1) is 17.1 Å². The third-order valence-electron chi connectivity index (χ3n) is 3.01. The Kier molecular flexibility index (Phi) is 5.23. The molecule has 2 rings (SSSR count). The van der Waals surface area contributed by atoms with Crippen LogP contribution < -0.4 is 14.2 Å². The normalized spacial score (nSPS) is 9.95. The highest BCUT2D eigenvalue weighted by Crippen LogP contribution is 2.29. The summed E-state index contributed by atoms with van der Waals surface area (Å²) in [4.78, 5) is 0. The van der Waals surface area contributed by atoms with Gasteiger partial charge in [0.05, 0.1) is 14.2 Å². The second-order valence-corrected chi connectivity index (χ2v) is 5.25. The fourth-order valence-electron chi connectivity index (χ4n) is 1.90. The summed E-state index contributed by atoms with van der Waals surface area (Å²) in [5.41, 5.74) is 0.628. The SMILES string of the molecule is COc1ccc(COc2cc(Br)cc(F)c2C#N)c(OC)c1. The molecule has 0 aliphatic carbocycles. The summed E-state index contributed by atoms with van der Waals surface area (Å²) in [6.45, 7) is 0.137. The van der Waals surface area contributed by atoms with Crippen molar-refractivity contribution in [2.24, 2.45) is 0 Å². The van der Waals surface area contributed by atoms with Gasteiger partial charge in [-0.1, -0.05) is 15.9 Å². The third-order valence-corrected chi connectivity index (χ3v) is 3.47. The molecule has 0 bridgehead atoms. The first-order valence-corrected chi connectivity index (χ1v) is 7.11. The number of ether oxygens (including phenoxy) is 3. The van der Waals surface area contributed by atoms with Crippen LogP contribution in [-0.4, -0.2) is 14.2 Å². The van der Waals surface area contributed by atoms with Crippen LogP contribution >= 0.6 is 15.9 Å². The minimum atomic E-state index is -0.631. The van der Waals surface area contributed by atoms with Gasteiger partial charge in [-0.2, -0.15) is 5.26 Å². The summed E-state index contributed by atoms with van der Waals surface area (Å²) in [7, 11) is 3.10. The van der Waals surface area contributed by atoms with E-state index in [0.717, 1.165) is 5.56 Å². The van der Waals surface area contributed by atoms with Crippen molar-refractivity contribution in [2.45, 2.75) is 6.61 Å². The predicted octanol–water partition coefficient (Wildman–Crippen LogP) is 4.06. The molecule has 0 saturated carbocycles. The van der Waals surface area contributed by atoms with Crippen molar-refractivity contribution in [3.63, 3.8) is 0 Å². The average Bonchev–Trinajstić information content (AvgIpc) is 2.52. The molecule has 0 fully saturated rings. The van der Waals surface area contributed by atoms with Crippen LogP contribution in [0.5, 0.6) is 17.2 Å². The van der Waals surface area contributed by atoms with Crippen molar-refractivity contribution >= 4 is 15.9 Å². The van der Waals surface area contributed by atoms with Crippen LogP contribution in [0.4, 0.5) is 4.39 Å². The molecule has 0 saturated heterocycles. The Morgan fingerprint density at radius 3 is 2.55 bits per heavy atom. The number of nitrogens with zero attached hydrogens (tertiary/aromatic N) is 1. The van der Waals surface area contributed by atoms with E-state index in [4.69, 9.17) is 19.5 Å². The highest BCUT2D eigenvalue weighted by molar-refractivity contribution is 9.10. The summed E-state index contributed by atoms with van der Waals surface area (Å²) < 4.78 is 30.2. The first-order chi connectivity index (χ1) is 10.6. The monoisotopic (exact) mass is 365 g/mol. The number of hydrogen-bond acceptors (Lipinski definition) is 4. The second-order valence-electron chi connectivity index (χ2n) is 4.34. The van der Waals surface area contributed by atoms with E-state index in [1.54, 1.807) is 37.4 Å². The Hall–Kier alpha value is -2.26. The molecule has 0 spiro atoms. The number of nitriles is 1. The topological polar surface area (TPSA) is 51.5 Å². The van der Waals surface area contributed by atoms with E-state index in [0.29, 0.717) is 16.0 Å². The minimum Gasteiger partial charge on any atom is -0.497 e. The van der Waals surface area contributed by atoms with Crippen LogP contribution in [0.2, 0.25) is 0 Å². The maximum absolute atomic E-state index is 13.7. The molecule has 0 aromatic heterocycles. The highest BCUT2D eigenvalue weighted by Gasteiger charge is 2.13. The van der Waals surface area contributed by atoms with E-state index >= 15 is 0 Å². The maximum Gasteiger partial charge on any atom is 0.145 e. The largest absolute Gasteiger partial charge is 0.497 e. The molecule has 0 N–H and O–H groups in total. The number of halogens is 2. The molecule has 114 valence electrons. The number of hydrogen-bond donors (Lipinski definition) is 0. The van der Waals surface area contributed by atoms with Gasteiger partial charge in [-0.05, 0) is 24.3 Å². The zero-order valence-corrected chi connectivity index (χ0v) is 13.6. The Labute approximate surface area is 136 Å². The molecule has 0 aliphatic rings. The lowest BCUT2D eigenvalue weighted by atomic mass is 10.2. The van der Waals surface area contributed by atoms with Gasteiger partial charge in [-0.15, -0.1) is 0 Å². The molecule has 22 heavy (non-hydrogen) atoms. The van der Waals surface area contributed by atoms with Gasteiger partial charge in [0.1, 0.15) is 41.3 Å². The van der Waals surface area contributed by atoms with Crippen LogP contribution in [0.1, 0.15) is 11.1 Å². The van der Waals surface area contributed by atoms with Crippen molar-refractivity contribution in [3.8, 4) is 23.3 Å². The van der Waals surface area contributed by atoms with E-state index in [1.165, 1.54) is 13.2 Å². The third kappa shape index (κ3) is 3.49. The van der Waals surface area contributed by atoms with Crippen LogP contribution in [0.25, 0.3) is 0 Å². The summed E-state index contributed by atoms with van der Waals surface area (Å²) in [5, 5.41) is 9.03. The zero-order chi connectivity index (χ0) is 16.1. The lowest BCUT2D eigenvalue weighted by Gasteiger charge is -2.13. The van der Waals surface area contributed by atoms with Crippen molar-refractivity contribution in [3.05, 3.63) is 51.7 Å². The highest BCUT2D eigenvalue weighted by atomic mass is 79.9. The molecular weight excluding hydrogens is 353 g/mol. The van der Waals surface area contributed by atoms with Gasteiger partial charge in [0.25, 0.3) is 0 Å². The Morgan fingerprint density at radius 2 is 1.91 bits per heavy atom.